The molecule has 33 heavy (non-hydrogen) atoms. The molecule has 1 unspecified atom stereocenters. The van der Waals surface area contributed by atoms with Crippen LogP contribution in [0.1, 0.15) is 83.1 Å². The van der Waals surface area contributed by atoms with E-state index in [1.165, 1.54) is 44.1 Å². The summed E-state index contributed by atoms with van der Waals surface area (Å²) in [6.07, 6.45) is 11.2. The average molecular weight is 455 g/mol. The second kappa shape index (κ2) is 17.3. The van der Waals surface area contributed by atoms with E-state index in [1.807, 2.05) is 42.5 Å². The maximum absolute atomic E-state index is 8.84. The van der Waals surface area contributed by atoms with Crippen LogP contribution in [0.25, 0.3) is 0 Å². The zero-order chi connectivity index (χ0) is 23.6. The largest absolute Gasteiger partial charge is 0.491 e. The molecular weight excluding hydrogens is 412 g/mol. The average Bonchev–Trinajstić information content (AvgIpc) is 2.85. The minimum atomic E-state index is 0.0302. The zero-order valence-corrected chi connectivity index (χ0v) is 20.5. The molecule has 2 rings (SSSR count). The van der Waals surface area contributed by atoms with Crippen molar-refractivity contribution in [1.29, 1.82) is 0 Å². The van der Waals surface area contributed by atoms with Gasteiger partial charge in [0, 0.05) is 0 Å². The lowest BCUT2D eigenvalue weighted by atomic mass is 9.88. The first-order valence-electron chi connectivity index (χ1n) is 12.7. The summed E-state index contributed by atoms with van der Waals surface area (Å²) in [7, 11) is 0. The summed E-state index contributed by atoms with van der Waals surface area (Å²) in [5.41, 5.74) is 3.00. The summed E-state index contributed by atoms with van der Waals surface area (Å²) in [6.45, 7) is 5.79. The lowest BCUT2D eigenvalue weighted by molar-refractivity contribution is 0.0705. The predicted molar refractivity (Wildman–Crippen MR) is 136 cm³/mol. The Morgan fingerprint density at radius 3 is 2.33 bits per heavy atom. The summed E-state index contributed by atoms with van der Waals surface area (Å²) in [4.78, 5) is 0. The molecule has 0 bridgehead atoms. The van der Waals surface area contributed by atoms with Gasteiger partial charge in [-0.05, 0) is 54.7 Å². The fourth-order valence-corrected chi connectivity index (χ4v) is 4.01. The second-order valence-electron chi connectivity index (χ2n) is 8.48. The van der Waals surface area contributed by atoms with E-state index in [2.05, 4.69) is 30.1 Å². The fraction of sp³-hybridized carbons (Fsp3) is 0.571. The SMILES string of the molecule is CCCCCCCCC(CCC)c1cc(OCCOCCO)ccc1N=Nc1ccccc1. The Bertz CT molecular complexity index is 780. The lowest BCUT2D eigenvalue weighted by Gasteiger charge is -2.19. The van der Waals surface area contributed by atoms with Crippen LogP contribution in [0.2, 0.25) is 0 Å². The maximum atomic E-state index is 8.84. The number of aliphatic hydroxyl groups excluding tert-OH is 1. The van der Waals surface area contributed by atoms with Crippen molar-refractivity contribution >= 4 is 11.4 Å². The highest BCUT2D eigenvalue weighted by Gasteiger charge is 2.16. The van der Waals surface area contributed by atoms with Gasteiger partial charge in [-0.2, -0.15) is 10.2 Å². The Balaban J connectivity index is 2.14. The second-order valence-corrected chi connectivity index (χ2v) is 8.48. The molecule has 0 fully saturated rings. The monoisotopic (exact) mass is 454 g/mol. The van der Waals surface area contributed by atoms with E-state index in [4.69, 9.17) is 14.6 Å². The van der Waals surface area contributed by atoms with Gasteiger partial charge in [0.1, 0.15) is 12.4 Å². The minimum absolute atomic E-state index is 0.0302. The van der Waals surface area contributed by atoms with Crippen molar-refractivity contribution in [3.05, 3.63) is 54.1 Å². The molecular formula is C28H42N2O3. The molecule has 182 valence electrons. The molecule has 0 aliphatic rings. The first-order valence-corrected chi connectivity index (χ1v) is 12.7. The van der Waals surface area contributed by atoms with Gasteiger partial charge < -0.3 is 14.6 Å². The third kappa shape index (κ3) is 11.0. The first kappa shape index (κ1) is 27.0. The Morgan fingerprint density at radius 2 is 1.58 bits per heavy atom. The van der Waals surface area contributed by atoms with Crippen LogP contribution >= 0.6 is 0 Å². The van der Waals surface area contributed by atoms with Gasteiger partial charge in [-0.3, -0.25) is 0 Å². The van der Waals surface area contributed by atoms with Crippen molar-refractivity contribution in [3.8, 4) is 5.75 Å². The van der Waals surface area contributed by atoms with Crippen LogP contribution in [0.3, 0.4) is 0 Å². The number of ether oxygens (including phenoxy) is 2. The first-order chi connectivity index (χ1) is 16.3. The van der Waals surface area contributed by atoms with E-state index in [0.29, 0.717) is 25.7 Å². The highest BCUT2D eigenvalue weighted by Crippen LogP contribution is 2.37. The van der Waals surface area contributed by atoms with Crippen LogP contribution in [0.4, 0.5) is 11.4 Å². The van der Waals surface area contributed by atoms with Crippen LogP contribution in [0.15, 0.2) is 58.8 Å². The maximum Gasteiger partial charge on any atom is 0.119 e. The molecule has 0 radical (unpaired) electrons. The van der Waals surface area contributed by atoms with Crippen molar-refractivity contribution in [2.75, 3.05) is 26.4 Å². The predicted octanol–water partition coefficient (Wildman–Crippen LogP) is 8.12. The van der Waals surface area contributed by atoms with E-state index >= 15 is 0 Å². The minimum Gasteiger partial charge on any atom is -0.491 e. The summed E-state index contributed by atoms with van der Waals surface area (Å²) in [5.74, 6) is 1.28. The van der Waals surface area contributed by atoms with Gasteiger partial charge >= 0.3 is 0 Å². The molecule has 2 aromatic rings. The number of unbranched alkanes of at least 4 members (excludes halogenated alkanes) is 5. The normalized spacial score (nSPS) is 12.3. The molecule has 0 saturated heterocycles. The van der Waals surface area contributed by atoms with Gasteiger partial charge in [0.05, 0.1) is 31.2 Å². The standard InChI is InChI=1S/C28H42N2O3/c1-3-5-6-7-8-10-14-24(13-4-2)27-23-26(33-22-21-32-20-19-31)17-18-28(27)30-29-25-15-11-9-12-16-25/h9,11-12,15-18,23-24,31H,3-8,10,13-14,19-22H2,1-2H3. The van der Waals surface area contributed by atoms with Crippen LogP contribution < -0.4 is 4.74 Å². The van der Waals surface area contributed by atoms with Crippen molar-refractivity contribution in [2.24, 2.45) is 10.2 Å². The quantitative estimate of drug-likeness (QED) is 0.183. The summed E-state index contributed by atoms with van der Waals surface area (Å²) < 4.78 is 11.2. The van der Waals surface area contributed by atoms with Crippen molar-refractivity contribution < 1.29 is 14.6 Å². The number of benzene rings is 2. The smallest absolute Gasteiger partial charge is 0.119 e. The molecule has 1 atom stereocenters. The van der Waals surface area contributed by atoms with Gasteiger partial charge in [0.15, 0.2) is 0 Å². The number of hydrogen-bond acceptors (Lipinski definition) is 5. The van der Waals surface area contributed by atoms with Crippen LogP contribution in [-0.4, -0.2) is 31.5 Å². The van der Waals surface area contributed by atoms with Gasteiger partial charge in [-0.25, -0.2) is 0 Å². The van der Waals surface area contributed by atoms with E-state index in [9.17, 15) is 0 Å². The lowest BCUT2D eigenvalue weighted by Crippen LogP contribution is -2.09. The number of rotatable bonds is 18. The van der Waals surface area contributed by atoms with E-state index in [-0.39, 0.29) is 6.61 Å². The van der Waals surface area contributed by atoms with E-state index < -0.39 is 0 Å². The number of nitrogens with zero attached hydrogens (tertiary/aromatic N) is 2. The Morgan fingerprint density at radius 1 is 0.788 bits per heavy atom. The zero-order valence-electron chi connectivity index (χ0n) is 20.5. The Kier molecular flexibility index (Phi) is 14.1. The molecule has 0 heterocycles. The third-order valence-corrected chi connectivity index (χ3v) is 5.74. The molecule has 0 aliphatic heterocycles. The molecule has 5 heteroatoms. The number of azo groups is 1. The molecule has 2 aromatic carbocycles. The summed E-state index contributed by atoms with van der Waals surface area (Å²) in [5, 5.41) is 17.9. The van der Waals surface area contributed by atoms with Gasteiger partial charge in [0.2, 0.25) is 0 Å². The van der Waals surface area contributed by atoms with Gasteiger partial charge in [0.25, 0.3) is 0 Å². The van der Waals surface area contributed by atoms with E-state index in [0.717, 1.165) is 36.4 Å². The van der Waals surface area contributed by atoms with E-state index in [1.54, 1.807) is 0 Å². The highest BCUT2D eigenvalue weighted by molar-refractivity contribution is 5.52. The Hall–Kier alpha value is -2.24. The van der Waals surface area contributed by atoms with Crippen LogP contribution in [-0.2, 0) is 4.74 Å². The van der Waals surface area contributed by atoms with Crippen molar-refractivity contribution in [2.45, 2.75) is 77.6 Å². The Labute approximate surface area is 200 Å². The van der Waals surface area contributed by atoms with Gasteiger partial charge in [-0.1, -0.05) is 77.0 Å². The van der Waals surface area contributed by atoms with Crippen LogP contribution in [0, 0.1) is 0 Å². The van der Waals surface area contributed by atoms with Crippen LogP contribution in [0.5, 0.6) is 5.75 Å². The number of hydrogen-bond donors (Lipinski definition) is 1. The molecule has 1 N–H and O–H groups in total. The topological polar surface area (TPSA) is 63.4 Å². The molecule has 0 saturated carbocycles. The van der Waals surface area contributed by atoms with Crippen molar-refractivity contribution in [1.82, 2.24) is 0 Å². The molecule has 0 amide bonds. The summed E-state index contributed by atoms with van der Waals surface area (Å²) in [6, 6.07) is 16.0. The third-order valence-electron chi connectivity index (χ3n) is 5.74. The molecule has 0 spiro atoms. The molecule has 0 aliphatic carbocycles. The highest BCUT2D eigenvalue weighted by atomic mass is 16.5. The van der Waals surface area contributed by atoms with Crippen molar-refractivity contribution in [3.63, 3.8) is 0 Å². The van der Waals surface area contributed by atoms with Gasteiger partial charge in [-0.15, -0.1) is 0 Å². The number of aliphatic hydroxyl groups is 1. The molecule has 0 aromatic heterocycles. The fourth-order valence-electron chi connectivity index (χ4n) is 4.01. The molecule has 5 nitrogen and oxygen atoms in total. The summed E-state index contributed by atoms with van der Waals surface area (Å²) >= 11 is 0.